The molecule has 3 aliphatic rings. The summed E-state index contributed by atoms with van der Waals surface area (Å²) in [7, 11) is 0. The van der Waals surface area contributed by atoms with Crippen LogP contribution < -0.4 is 5.32 Å². The third kappa shape index (κ3) is 3.31. The fourth-order valence-corrected chi connectivity index (χ4v) is 6.85. The molecule has 1 aromatic carbocycles. The third-order valence-electron chi connectivity index (χ3n) is 5.49. The van der Waals surface area contributed by atoms with Gasteiger partial charge in [0.25, 0.3) is 0 Å². The second kappa shape index (κ2) is 6.88. The number of carbonyl (C=O) groups excluding carboxylic acids is 2. The van der Waals surface area contributed by atoms with Crippen LogP contribution in [0.3, 0.4) is 0 Å². The van der Waals surface area contributed by atoms with Gasteiger partial charge in [0.2, 0.25) is 11.8 Å². The van der Waals surface area contributed by atoms with Gasteiger partial charge in [0.05, 0.1) is 10.6 Å². The molecule has 1 saturated carbocycles. The van der Waals surface area contributed by atoms with Crippen LogP contribution in [-0.4, -0.2) is 38.6 Å². The maximum Gasteiger partial charge on any atom is 0.248 e. The number of anilines is 1. The molecule has 2 aliphatic heterocycles. The van der Waals surface area contributed by atoms with E-state index in [2.05, 4.69) is 18.3 Å². The minimum absolute atomic E-state index is 0.0500. The summed E-state index contributed by atoms with van der Waals surface area (Å²) >= 11 is 3.62. The number of fused-ring (bicyclic) bond motifs is 1. The number of nitrogens with one attached hydrogen (secondary N) is 1. The van der Waals surface area contributed by atoms with E-state index in [4.69, 9.17) is 0 Å². The first kappa shape index (κ1) is 17.3. The fraction of sp³-hybridized carbons (Fsp3) is 0.579. The number of rotatable bonds is 4. The van der Waals surface area contributed by atoms with Gasteiger partial charge in [0.15, 0.2) is 0 Å². The first-order valence-electron chi connectivity index (χ1n) is 9.09. The largest absolute Gasteiger partial charge is 0.323 e. The highest BCUT2D eigenvalue weighted by Crippen LogP contribution is 2.47. The second-order valence-electron chi connectivity index (χ2n) is 7.28. The van der Waals surface area contributed by atoms with E-state index >= 15 is 0 Å². The highest BCUT2D eigenvalue weighted by Gasteiger charge is 2.52. The van der Waals surface area contributed by atoms with Gasteiger partial charge < -0.3 is 10.2 Å². The van der Waals surface area contributed by atoms with Crippen molar-refractivity contribution in [3.8, 4) is 0 Å². The average molecular weight is 377 g/mol. The lowest BCUT2D eigenvalue weighted by Gasteiger charge is -2.30. The number of hydrogen-bond donors (Lipinski definition) is 1. The van der Waals surface area contributed by atoms with Crippen LogP contribution in [0.25, 0.3) is 0 Å². The van der Waals surface area contributed by atoms with Crippen molar-refractivity contribution >= 4 is 41.0 Å². The minimum Gasteiger partial charge on any atom is -0.323 e. The normalized spacial score (nSPS) is 29.2. The van der Waals surface area contributed by atoms with E-state index < -0.39 is 0 Å². The summed E-state index contributed by atoms with van der Waals surface area (Å²) in [4.78, 5) is 27.9. The molecule has 1 N–H and O–H groups in total. The van der Waals surface area contributed by atoms with Gasteiger partial charge in [0.1, 0.15) is 6.04 Å². The van der Waals surface area contributed by atoms with Crippen molar-refractivity contribution in [1.29, 1.82) is 0 Å². The van der Waals surface area contributed by atoms with E-state index in [9.17, 15) is 9.59 Å². The summed E-state index contributed by atoms with van der Waals surface area (Å²) in [5.74, 6) is 0.749. The van der Waals surface area contributed by atoms with Crippen molar-refractivity contribution in [3.63, 3.8) is 0 Å². The quantitative estimate of drug-likeness (QED) is 0.859. The van der Waals surface area contributed by atoms with E-state index in [0.29, 0.717) is 17.4 Å². The van der Waals surface area contributed by atoms with Crippen molar-refractivity contribution in [2.75, 3.05) is 11.1 Å². The Morgan fingerprint density at radius 3 is 2.88 bits per heavy atom. The maximum atomic E-state index is 12.9. The molecule has 4 nitrogen and oxygen atoms in total. The smallest absolute Gasteiger partial charge is 0.248 e. The van der Waals surface area contributed by atoms with Gasteiger partial charge in [-0.3, -0.25) is 9.59 Å². The number of carbonyl (C=O) groups is 2. The molecule has 6 heteroatoms. The van der Waals surface area contributed by atoms with E-state index in [1.807, 2.05) is 34.9 Å². The molecule has 25 heavy (non-hydrogen) atoms. The standard InChI is InChI=1S/C19H24N2O2S2/c1-19-11-10-17(22)21(19)15(12-24-19)18(23)20-14-8-4-5-9-16(14)25-13-6-2-3-7-13/h4-5,8-9,13,15H,2-3,6-7,10-12H2,1H3,(H,20,23). The number of hydrogen-bond acceptors (Lipinski definition) is 4. The lowest BCUT2D eigenvalue weighted by molar-refractivity contribution is -0.135. The van der Waals surface area contributed by atoms with Gasteiger partial charge in [-0.25, -0.2) is 0 Å². The Kier molecular flexibility index (Phi) is 4.75. The van der Waals surface area contributed by atoms with Gasteiger partial charge in [-0.05, 0) is 38.3 Å². The first-order valence-corrected chi connectivity index (χ1v) is 11.0. The van der Waals surface area contributed by atoms with Crippen molar-refractivity contribution in [1.82, 2.24) is 4.90 Å². The molecule has 0 radical (unpaired) electrons. The molecule has 0 bridgehead atoms. The Morgan fingerprint density at radius 1 is 1.32 bits per heavy atom. The Morgan fingerprint density at radius 2 is 2.08 bits per heavy atom. The van der Waals surface area contributed by atoms with Crippen LogP contribution in [0, 0.1) is 0 Å². The third-order valence-corrected chi connectivity index (χ3v) is 8.41. The molecule has 0 spiro atoms. The number of amides is 2. The highest BCUT2D eigenvalue weighted by molar-refractivity contribution is 8.01. The highest BCUT2D eigenvalue weighted by atomic mass is 32.2. The Labute approximate surface area is 157 Å². The summed E-state index contributed by atoms with van der Waals surface area (Å²) in [5, 5.41) is 3.77. The SMILES string of the molecule is CC12CCC(=O)N1C(C(=O)Nc1ccccc1SC1CCCC1)CS2. The second-order valence-corrected chi connectivity index (χ2v) is 10.1. The monoisotopic (exact) mass is 376 g/mol. The summed E-state index contributed by atoms with van der Waals surface area (Å²) in [6.07, 6.45) is 6.53. The Balaban J connectivity index is 1.49. The molecule has 4 rings (SSSR count). The summed E-state index contributed by atoms with van der Waals surface area (Å²) < 4.78 is 0. The molecule has 1 aromatic rings. The molecule has 3 fully saturated rings. The number of thioether (sulfide) groups is 2. The average Bonchev–Trinajstić information content (AvgIpc) is 3.28. The van der Waals surface area contributed by atoms with Gasteiger partial charge in [0, 0.05) is 22.3 Å². The molecule has 2 saturated heterocycles. The predicted octanol–water partition coefficient (Wildman–Crippen LogP) is 4.11. The minimum atomic E-state index is -0.352. The molecule has 0 aromatic heterocycles. The number of nitrogens with zero attached hydrogens (tertiary/aromatic N) is 1. The molecular formula is C19H24N2O2S2. The van der Waals surface area contributed by atoms with Crippen LogP contribution in [0.4, 0.5) is 5.69 Å². The van der Waals surface area contributed by atoms with E-state index in [1.54, 1.807) is 11.8 Å². The van der Waals surface area contributed by atoms with Gasteiger partial charge >= 0.3 is 0 Å². The van der Waals surface area contributed by atoms with E-state index in [0.717, 1.165) is 17.0 Å². The zero-order chi connectivity index (χ0) is 17.4. The van der Waals surface area contributed by atoms with Crippen molar-refractivity contribution < 1.29 is 9.59 Å². The van der Waals surface area contributed by atoms with E-state index in [-0.39, 0.29) is 22.7 Å². The topological polar surface area (TPSA) is 49.4 Å². The maximum absolute atomic E-state index is 12.9. The van der Waals surface area contributed by atoms with Crippen LogP contribution >= 0.6 is 23.5 Å². The van der Waals surface area contributed by atoms with Crippen molar-refractivity contribution in [2.45, 2.75) is 66.5 Å². The summed E-state index contributed by atoms with van der Waals surface area (Å²) in [5.41, 5.74) is 0.884. The molecule has 1 aliphatic carbocycles. The predicted molar refractivity (Wildman–Crippen MR) is 104 cm³/mol. The molecule has 2 amide bonds. The molecule has 2 atom stereocenters. The molecule has 2 unspecified atom stereocenters. The summed E-state index contributed by atoms with van der Waals surface area (Å²) in [6, 6.07) is 7.70. The first-order chi connectivity index (χ1) is 12.1. The van der Waals surface area contributed by atoms with Crippen LogP contribution in [-0.2, 0) is 9.59 Å². The van der Waals surface area contributed by atoms with Crippen LogP contribution in [0.15, 0.2) is 29.2 Å². The number of para-hydroxylation sites is 1. The summed E-state index contributed by atoms with van der Waals surface area (Å²) in [6.45, 7) is 2.08. The Bertz CT molecular complexity index is 690. The van der Waals surface area contributed by atoms with Gasteiger partial charge in [-0.2, -0.15) is 0 Å². The molecular weight excluding hydrogens is 352 g/mol. The lowest BCUT2D eigenvalue weighted by atomic mass is 10.2. The zero-order valence-electron chi connectivity index (χ0n) is 14.5. The van der Waals surface area contributed by atoms with Gasteiger partial charge in [-0.1, -0.05) is 25.0 Å². The zero-order valence-corrected chi connectivity index (χ0v) is 16.1. The lowest BCUT2D eigenvalue weighted by Crippen LogP contribution is -2.48. The van der Waals surface area contributed by atoms with Gasteiger partial charge in [-0.15, -0.1) is 23.5 Å². The van der Waals surface area contributed by atoms with E-state index in [1.165, 1.54) is 25.7 Å². The van der Waals surface area contributed by atoms with Crippen LogP contribution in [0.1, 0.15) is 45.4 Å². The van der Waals surface area contributed by atoms with Crippen LogP contribution in [0.2, 0.25) is 0 Å². The fourth-order valence-electron chi connectivity index (χ4n) is 4.09. The number of benzene rings is 1. The van der Waals surface area contributed by atoms with Crippen molar-refractivity contribution in [3.05, 3.63) is 24.3 Å². The molecule has 2 heterocycles. The van der Waals surface area contributed by atoms with Crippen molar-refractivity contribution in [2.24, 2.45) is 0 Å². The Hall–Kier alpha value is -1.14. The van der Waals surface area contributed by atoms with Crippen LogP contribution in [0.5, 0.6) is 0 Å². The molecule has 134 valence electrons.